The van der Waals surface area contributed by atoms with Crippen molar-refractivity contribution in [3.8, 4) is 11.4 Å². The number of hydrogen-bond acceptors (Lipinski definition) is 4. The van der Waals surface area contributed by atoms with Crippen LogP contribution in [0.3, 0.4) is 0 Å². The van der Waals surface area contributed by atoms with Crippen LogP contribution in [0.5, 0.6) is 5.75 Å². The molecule has 0 saturated carbocycles. The van der Waals surface area contributed by atoms with Crippen LogP contribution in [0.2, 0.25) is 0 Å². The molecule has 31 heavy (non-hydrogen) atoms. The van der Waals surface area contributed by atoms with Gasteiger partial charge in [0.05, 0.1) is 11.4 Å². The summed E-state index contributed by atoms with van der Waals surface area (Å²) in [5.74, 6) is -2.20. The Balaban J connectivity index is 1.71. The second kappa shape index (κ2) is 7.68. The average molecular weight is 434 g/mol. The molecule has 2 aromatic heterocycles. The summed E-state index contributed by atoms with van der Waals surface area (Å²) in [4.78, 5) is 17.5. The van der Waals surface area contributed by atoms with Crippen LogP contribution in [-0.2, 0) is 11.2 Å². The molecule has 6 nitrogen and oxygen atoms in total. The number of alkyl halides is 3. The third-order valence-corrected chi connectivity index (χ3v) is 5.17. The summed E-state index contributed by atoms with van der Waals surface area (Å²) >= 11 is 0. The molecule has 0 bridgehead atoms. The van der Waals surface area contributed by atoms with E-state index in [4.69, 9.17) is 0 Å². The minimum Gasteiger partial charge on any atom is -0.406 e. The summed E-state index contributed by atoms with van der Waals surface area (Å²) in [6.07, 6.45) is -2.41. The highest BCUT2D eigenvalue weighted by Gasteiger charge is 2.36. The number of fused-ring (bicyclic) bond motifs is 1. The fourth-order valence-electron chi connectivity index (χ4n) is 3.67. The third kappa shape index (κ3) is 3.97. The first-order valence-corrected chi connectivity index (χ1v) is 9.54. The van der Waals surface area contributed by atoms with E-state index in [0.29, 0.717) is 36.5 Å². The molecule has 3 heterocycles. The van der Waals surface area contributed by atoms with E-state index in [-0.39, 0.29) is 11.7 Å². The lowest BCUT2D eigenvalue weighted by Crippen LogP contribution is -2.48. The minimum atomic E-state index is -4.77. The molecule has 10 heteroatoms. The Morgan fingerprint density at radius 3 is 2.48 bits per heavy atom. The van der Waals surface area contributed by atoms with Crippen molar-refractivity contribution in [3.05, 3.63) is 60.2 Å². The Labute approximate surface area is 174 Å². The topological polar surface area (TPSA) is 60.2 Å². The van der Waals surface area contributed by atoms with Gasteiger partial charge < -0.3 is 9.64 Å². The van der Waals surface area contributed by atoms with Gasteiger partial charge >= 0.3 is 6.36 Å². The van der Waals surface area contributed by atoms with Crippen LogP contribution in [0.4, 0.5) is 17.6 Å². The number of carbonyl (C=O) groups is 1. The van der Waals surface area contributed by atoms with Crippen LogP contribution in [0.25, 0.3) is 16.7 Å². The van der Waals surface area contributed by atoms with Gasteiger partial charge in [-0.1, -0.05) is 13.5 Å². The number of likely N-dealkylation sites (tertiary alicyclic amines) is 1. The van der Waals surface area contributed by atoms with E-state index in [9.17, 15) is 22.4 Å². The van der Waals surface area contributed by atoms with Gasteiger partial charge in [0.1, 0.15) is 5.75 Å². The second-order valence-corrected chi connectivity index (χ2v) is 7.17. The predicted octanol–water partition coefficient (Wildman–Crippen LogP) is 4.29. The number of amides is 1. The standard InChI is InChI=1S/C21H18F4N4O2/c1-3-13-8-9-26-19-17(13)18(14-10-28(11-14)20(30)12(2)22)27-29(19)15-4-6-16(7-5-15)31-21(23,24)25/h4-9,14H,2-3,10-11H2,1H3. The van der Waals surface area contributed by atoms with E-state index in [1.807, 2.05) is 13.0 Å². The van der Waals surface area contributed by atoms with Crippen molar-refractivity contribution in [3.63, 3.8) is 0 Å². The van der Waals surface area contributed by atoms with E-state index >= 15 is 0 Å². The number of aryl methyl sites for hydroxylation is 1. The number of ether oxygens (including phenoxy) is 1. The van der Waals surface area contributed by atoms with Crippen LogP contribution < -0.4 is 4.74 Å². The van der Waals surface area contributed by atoms with E-state index in [0.717, 1.165) is 10.9 Å². The Morgan fingerprint density at radius 1 is 1.23 bits per heavy atom. The van der Waals surface area contributed by atoms with Crippen molar-refractivity contribution in [2.75, 3.05) is 13.1 Å². The van der Waals surface area contributed by atoms with Crippen molar-refractivity contribution >= 4 is 16.9 Å². The molecule has 1 aliphatic heterocycles. The van der Waals surface area contributed by atoms with Crippen molar-refractivity contribution in [2.45, 2.75) is 25.6 Å². The summed E-state index contributed by atoms with van der Waals surface area (Å²) in [6.45, 7) is 5.62. The molecule has 0 N–H and O–H groups in total. The van der Waals surface area contributed by atoms with Gasteiger partial charge in [0.25, 0.3) is 5.91 Å². The number of rotatable bonds is 5. The van der Waals surface area contributed by atoms with E-state index < -0.39 is 18.1 Å². The SMILES string of the molecule is C=C(F)C(=O)N1CC(c2nn(-c3ccc(OC(F)(F)F)cc3)c3nccc(CC)c23)C1. The minimum absolute atomic E-state index is 0.116. The van der Waals surface area contributed by atoms with Crippen molar-refractivity contribution in [2.24, 2.45) is 0 Å². The van der Waals surface area contributed by atoms with Gasteiger partial charge in [-0.2, -0.15) is 5.10 Å². The lowest BCUT2D eigenvalue weighted by atomic mass is 9.92. The zero-order chi connectivity index (χ0) is 22.3. The number of carbonyl (C=O) groups excluding carboxylic acids is 1. The van der Waals surface area contributed by atoms with Gasteiger partial charge in [0.2, 0.25) is 0 Å². The van der Waals surface area contributed by atoms with Crippen LogP contribution in [-0.4, -0.2) is 45.0 Å². The molecule has 1 aromatic carbocycles. The fourth-order valence-corrected chi connectivity index (χ4v) is 3.67. The molecule has 0 atom stereocenters. The first kappa shape index (κ1) is 20.8. The molecule has 0 radical (unpaired) electrons. The maximum Gasteiger partial charge on any atom is 0.573 e. The maximum absolute atomic E-state index is 13.1. The Bertz CT molecular complexity index is 1150. The van der Waals surface area contributed by atoms with Gasteiger partial charge in [-0.3, -0.25) is 4.79 Å². The molecule has 4 rings (SSSR count). The van der Waals surface area contributed by atoms with Gasteiger partial charge in [-0.15, -0.1) is 13.2 Å². The number of benzene rings is 1. The highest BCUT2D eigenvalue weighted by molar-refractivity contribution is 5.92. The van der Waals surface area contributed by atoms with Gasteiger partial charge in [0.15, 0.2) is 11.5 Å². The summed E-state index contributed by atoms with van der Waals surface area (Å²) in [6, 6.07) is 7.21. The summed E-state index contributed by atoms with van der Waals surface area (Å²) in [5.41, 5.74) is 2.78. The molecular weight excluding hydrogens is 416 g/mol. The monoisotopic (exact) mass is 434 g/mol. The second-order valence-electron chi connectivity index (χ2n) is 7.17. The molecule has 1 fully saturated rings. The molecule has 162 valence electrons. The Hall–Kier alpha value is -3.43. The molecule has 0 aliphatic carbocycles. The van der Waals surface area contributed by atoms with Gasteiger partial charge in [-0.05, 0) is 42.3 Å². The lowest BCUT2D eigenvalue weighted by Gasteiger charge is -2.38. The quantitative estimate of drug-likeness (QED) is 0.444. The van der Waals surface area contributed by atoms with E-state index in [2.05, 4.69) is 21.4 Å². The van der Waals surface area contributed by atoms with E-state index in [1.54, 1.807) is 10.9 Å². The van der Waals surface area contributed by atoms with E-state index in [1.165, 1.54) is 29.2 Å². The molecule has 0 spiro atoms. The zero-order valence-electron chi connectivity index (χ0n) is 16.5. The number of pyridine rings is 1. The first-order chi connectivity index (χ1) is 14.7. The predicted molar refractivity (Wildman–Crippen MR) is 104 cm³/mol. The number of hydrogen-bond donors (Lipinski definition) is 0. The third-order valence-electron chi connectivity index (χ3n) is 5.17. The van der Waals surface area contributed by atoms with Crippen LogP contribution >= 0.6 is 0 Å². The summed E-state index contributed by atoms with van der Waals surface area (Å²) in [5, 5.41) is 5.50. The molecule has 1 saturated heterocycles. The van der Waals surface area contributed by atoms with Crippen molar-refractivity contribution in [1.82, 2.24) is 19.7 Å². The fraction of sp³-hybridized carbons (Fsp3) is 0.286. The summed E-state index contributed by atoms with van der Waals surface area (Å²) in [7, 11) is 0. The summed E-state index contributed by atoms with van der Waals surface area (Å²) < 4.78 is 55.9. The van der Waals surface area contributed by atoms with Gasteiger partial charge in [-0.25, -0.2) is 14.1 Å². The van der Waals surface area contributed by atoms with Crippen LogP contribution in [0, 0.1) is 0 Å². The number of halogens is 4. The molecular formula is C21H18F4N4O2. The molecule has 1 aliphatic rings. The highest BCUT2D eigenvalue weighted by Crippen LogP contribution is 2.35. The van der Waals surface area contributed by atoms with Crippen LogP contribution in [0.15, 0.2) is 48.9 Å². The van der Waals surface area contributed by atoms with Gasteiger partial charge in [0, 0.05) is 30.6 Å². The molecule has 0 unspecified atom stereocenters. The maximum atomic E-state index is 13.1. The van der Waals surface area contributed by atoms with Crippen molar-refractivity contribution in [1.29, 1.82) is 0 Å². The van der Waals surface area contributed by atoms with Crippen LogP contribution in [0.1, 0.15) is 24.1 Å². The zero-order valence-corrected chi connectivity index (χ0v) is 16.5. The van der Waals surface area contributed by atoms with Crippen molar-refractivity contribution < 1.29 is 27.1 Å². The average Bonchev–Trinajstić information content (AvgIpc) is 3.05. The Morgan fingerprint density at radius 2 is 1.90 bits per heavy atom. The largest absolute Gasteiger partial charge is 0.573 e. The highest BCUT2D eigenvalue weighted by atomic mass is 19.4. The number of nitrogens with zero attached hydrogens (tertiary/aromatic N) is 4. The Kier molecular flexibility index (Phi) is 5.16. The number of aromatic nitrogens is 3. The first-order valence-electron chi connectivity index (χ1n) is 9.54. The lowest BCUT2D eigenvalue weighted by molar-refractivity contribution is -0.274. The normalized spacial score (nSPS) is 14.5. The smallest absolute Gasteiger partial charge is 0.406 e. The molecule has 1 amide bonds. The molecule has 3 aromatic rings.